The van der Waals surface area contributed by atoms with Gasteiger partial charge in [-0.2, -0.15) is 0 Å². The molecule has 0 fully saturated rings. The molecule has 0 aliphatic heterocycles. The molecule has 6 heteroatoms. The van der Waals surface area contributed by atoms with E-state index in [0.717, 1.165) is 17.3 Å². The van der Waals surface area contributed by atoms with E-state index in [0.29, 0.717) is 12.1 Å². The van der Waals surface area contributed by atoms with Crippen LogP contribution in [-0.4, -0.2) is 29.8 Å². The zero-order chi connectivity index (χ0) is 15.8. The minimum atomic E-state index is -0.340. The van der Waals surface area contributed by atoms with Crippen molar-refractivity contribution in [1.29, 1.82) is 0 Å². The lowest BCUT2D eigenvalue weighted by Gasteiger charge is -2.23. The second kappa shape index (κ2) is 9.05. The van der Waals surface area contributed by atoms with Gasteiger partial charge in [-0.1, -0.05) is 29.3 Å². The van der Waals surface area contributed by atoms with Crippen LogP contribution in [0.3, 0.4) is 0 Å². The maximum atomic E-state index is 12.0. The summed E-state index contributed by atoms with van der Waals surface area (Å²) in [4.78, 5) is 23.2. The summed E-state index contributed by atoms with van der Waals surface area (Å²) in [5, 5.41) is 5.28. The van der Waals surface area contributed by atoms with Crippen molar-refractivity contribution in [2.24, 2.45) is 0 Å². The molecule has 21 heavy (non-hydrogen) atoms. The molecule has 1 aromatic carbocycles. The SMILES string of the molecule is CCC[C@H](NC(C)=O)[C@H](Cl)CNC(=O)c1ccc(Br)cc1. The van der Waals surface area contributed by atoms with Crippen LogP contribution in [0.4, 0.5) is 0 Å². The van der Waals surface area contributed by atoms with Crippen molar-refractivity contribution < 1.29 is 9.59 Å². The Bertz CT molecular complexity index is 479. The van der Waals surface area contributed by atoms with Crippen LogP contribution in [0.1, 0.15) is 37.0 Å². The molecular weight excluding hydrogens is 356 g/mol. The van der Waals surface area contributed by atoms with Crippen LogP contribution in [0.15, 0.2) is 28.7 Å². The van der Waals surface area contributed by atoms with Crippen molar-refractivity contribution in [3.05, 3.63) is 34.3 Å². The largest absolute Gasteiger partial charge is 0.352 e. The summed E-state index contributed by atoms with van der Waals surface area (Å²) in [6, 6.07) is 6.95. The highest BCUT2D eigenvalue weighted by Gasteiger charge is 2.20. The maximum absolute atomic E-state index is 12.0. The average Bonchev–Trinajstić information content (AvgIpc) is 2.44. The van der Waals surface area contributed by atoms with E-state index < -0.39 is 0 Å². The fourth-order valence-corrected chi connectivity index (χ4v) is 2.48. The number of halogens is 2. The minimum Gasteiger partial charge on any atom is -0.352 e. The van der Waals surface area contributed by atoms with E-state index in [9.17, 15) is 9.59 Å². The Morgan fingerprint density at radius 2 is 1.90 bits per heavy atom. The van der Waals surface area contributed by atoms with Gasteiger partial charge < -0.3 is 10.6 Å². The molecule has 0 spiro atoms. The normalized spacial score (nSPS) is 13.3. The van der Waals surface area contributed by atoms with Gasteiger partial charge in [0.05, 0.1) is 5.38 Å². The van der Waals surface area contributed by atoms with Crippen LogP contribution in [-0.2, 0) is 4.79 Å². The third kappa shape index (κ3) is 6.48. The van der Waals surface area contributed by atoms with Gasteiger partial charge in [0.1, 0.15) is 0 Å². The highest BCUT2D eigenvalue weighted by Crippen LogP contribution is 2.11. The van der Waals surface area contributed by atoms with Crippen molar-refractivity contribution in [2.75, 3.05) is 6.54 Å². The number of carbonyl (C=O) groups is 2. The Hall–Kier alpha value is -1.07. The van der Waals surface area contributed by atoms with E-state index in [1.807, 2.05) is 19.1 Å². The van der Waals surface area contributed by atoms with E-state index in [2.05, 4.69) is 26.6 Å². The second-order valence-electron chi connectivity index (χ2n) is 4.83. The molecule has 2 atom stereocenters. The van der Waals surface area contributed by atoms with Crippen LogP contribution in [0.2, 0.25) is 0 Å². The molecule has 0 aromatic heterocycles. The monoisotopic (exact) mass is 374 g/mol. The highest BCUT2D eigenvalue weighted by atomic mass is 79.9. The number of hydrogen-bond acceptors (Lipinski definition) is 2. The van der Waals surface area contributed by atoms with Crippen LogP contribution in [0.5, 0.6) is 0 Å². The molecule has 0 saturated heterocycles. The summed E-state index contributed by atoms with van der Waals surface area (Å²) in [5.74, 6) is -0.287. The molecular formula is C15H20BrClN2O2. The van der Waals surface area contributed by atoms with Crippen molar-refractivity contribution >= 4 is 39.3 Å². The Labute approximate surface area is 138 Å². The fourth-order valence-electron chi connectivity index (χ4n) is 1.95. The van der Waals surface area contributed by atoms with Crippen LogP contribution < -0.4 is 10.6 Å². The van der Waals surface area contributed by atoms with Crippen LogP contribution in [0, 0.1) is 0 Å². The molecule has 0 aliphatic rings. The topological polar surface area (TPSA) is 58.2 Å². The smallest absolute Gasteiger partial charge is 0.251 e. The number of nitrogens with one attached hydrogen (secondary N) is 2. The predicted octanol–water partition coefficient (Wildman–Crippen LogP) is 3.09. The Balaban J connectivity index is 2.53. The molecule has 0 unspecified atom stereocenters. The summed E-state index contributed by atoms with van der Waals surface area (Å²) in [6.45, 7) is 3.80. The number of alkyl halides is 1. The molecule has 0 radical (unpaired) electrons. The molecule has 0 saturated carbocycles. The van der Waals surface area contributed by atoms with Gasteiger partial charge in [0.2, 0.25) is 5.91 Å². The highest BCUT2D eigenvalue weighted by molar-refractivity contribution is 9.10. The number of rotatable bonds is 7. The van der Waals surface area contributed by atoms with E-state index in [1.165, 1.54) is 6.92 Å². The van der Waals surface area contributed by atoms with Crippen LogP contribution in [0.25, 0.3) is 0 Å². The van der Waals surface area contributed by atoms with Crippen molar-refractivity contribution in [3.63, 3.8) is 0 Å². The number of benzene rings is 1. The summed E-state index contributed by atoms with van der Waals surface area (Å²) in [7, 11) is 0. The molecule has 0 heterocycles. The summed E-state index contributed by atoms with van der Waals surface area (Å²) in [6.07, 6.45) is 1.69. The first-order valence-corrected chi connectivity index (χ1v) is 8.12. The van der Waals surface area contributed by atoms with Gasteiger partial charge in [-0.25, -0.2) is 0 Å². The van der Waals surface area contributed by atoms with E-state index in [4.69, 9.17) is 11.6 Å². The van der Waals surface area contributed by atoms with Gasteiger partial charge in [0.25, 0.3) is 5.91 Å². The van der Waals surface area contributed by atoms with Gasteiger partial charge >= 0.3 is 0 Å². The average molecular weight is 376 g/mol. The minimum absolute atomic E-state index is 0.113. The number of amides is 2. The quantitative estimate of drug-likeness (QED) is 0.720. The predicted molar refractivity (Wildman–Crippen MR) is 88.6 cm³/mol. The standard InChI is InChI=1S/C15H20BrClN2O2/c1-3-4-14(19-10(2)20)13(17)9-18-15(21)11-5-7-12(16)8-6-11/h5-8,13-14H,3-4,9H2,1-2H3,(H,18,21)(H,19,20)/t13-,14+/m1/s1. The van der Waals surface area contributed by atoms with Crippen molar-refractivity contribution in [1.82, 2.24) is 10.6 Å². The van der Waals surface area contributed by atoms with E-state index in [-0.39, 0.29) is 23.2 Å². The van der Waals surface area contributed by atoms with Gasteiger partial charge in [0.15, 0.2) is 0 Å². The lowest BCUT2D eigenvalue weighted by molar-refractivity contribution is -0.119. The first-order chi connectivity index (χ1) is 9.93. The van der Waals surface area contributed by atoms with Gasteiger partial charge in [0, 0.05) is 29.5 Å². The molecule has 116 valence electrons. The third-order valence-electron chi connectivity index (χ3n) is 2.99. The van der Waals surface area contributed by atoms with E-state index >= 15 is 0 Å². The van der Waals surface area contributed by atoms with Crippen LogP contribution >= 0.6 is 27.5 Å². The van der Waals surface area contributed by atoms with E-state index in [1.54, 1.807) is 12.1 Å². The molecule has 1 rings (SSSR count). The zero-order valence-corrected chi connectivity index (χ0v) is 14.5. The maximum Gasteiger partial charge on any atom is 0.251 e. The second-order valence-corrected chi connectivity index (χ2v) is 6.30. The van der Waals surface area contributed by atoms with Crippen molar-refractivity contribution in [3.8, 4) is 0 Å². The van der Waals surface area contributed by atoms with Gasteiger partial charge in [-0.05, 0) is 30.7 Å². The Morgan fingerprint density at radius 1 is 1.29 bits per heavy atom. The molecule has 0 bridgehead atoms. The summed E-state index contributed by atoms with van der Waals surface area (Å²) < 4.78 is 0.919. The molecule has 0 aliphatic carbocycles. The lowest BCUT2D eigenvalue weighted by atomic mass is 10.1. The third-order valence-corrected chi connectivity index (χ3v) is 3.98. The van der Waals surface area contributed by atoms with Gasteiger partial charge in [-0.15, -0.1) is 11.6 Å². The Morgan fingerprint density at radius 3 is 2.43 bits per heavy atom. The molecule has 4 nitrogen and oxygen atoms in total. The Kier molecular flexibility index (Phi) is 7.75. The number of carbonyl (C=O) groups excluding carboxylic acids is 2. The number of hydrogen-bond donors (Lipinski definition) is 2. The van der Waals surface area contributed by atoms with Crippen molar-refractivity contribution in [2.45, 2.75) is 38.1 Å². The lowest BCUT2D eigenvalue weighted by Crippen LogP contribution is -2.45. The molecule has 1 aromatic rings. The summed E-state index contributed by atoms with van der Waals surface area (Å²) >= 11 is 9.61. The first-order valence-electron chi connectivity index (χ1n) is 6.89. The molecule has 2 amide bonds. The zero-order valence-electron chi connectivity index (χ0n) is 12.2. The summed E-state index contributed by atoms with van der Waals surface area (Å²) in [5.41, 5.74) is 0.577. The molecule has 2 N–H and O–H groups in total. The first kappa shape index (κ1) is 18.0. The fraction of sp³-hybridized carbons (Fsp3) is 0.467. The van der Waals surface area contributed by atoms with Gasteiger partial charge in [-0.3, -0.25) is 9.59 Å².